The lowest BCUT2D eigenvalue weighted by Crippen LogP contribution is -2.39. The van der Waals surface area contributed by atoms with Gasteiger partial charge >= 0.3 is 0 Å². The zero-order valence-corrected chi connectivity index (χ0v) is 14.7. The highest BCUT2D eigenvalue weighted by Crippen LogP contribution is 2.24. The summed E-state index contributed by atoms with van der Waals surface area (Å²) in [6, 6.07) is 10.7. The van der Waals surface area contributed by atoms with Gasteiger partial charge in [-0.25, -0.2) is 0 Å². The molecule has 6 heteroatoms. The zero-order valence-electron chi connectivity index (χ0n) is 13.9. The van der Waals surface area contributed by atoms with Crippen molar-refractivity contribution in [3.63, 3.8) is 0 Å². The van der Waals surface area contributed by atoms with Gasteiger partial charge in [-0.1, -0.05) is 23.7 Å². The van der Waals surface area contributed by atoms with Crippen LogP contribution in [0.1, 0.15) is 35.4 Å². The van der Waals surface area contributed by atoms with Gasteiger partial charge in [-0.15, -0.1) is 0 Å². The van der Waals surface area contributed by atoms with Gasteiger partial charge in [-0.2, -0.15) is 0 Å². The van der Waals surface area contributed by atoms with Crippen molar-refractivity contribution >= 4 is 23.4 Å². The molecule has 0 bridgehead atoms. The first-order valence-electron chi connectivity index (χ1n) is 8.46. The van der Waals surface area contributed by atoms with Gasteiger partial charge in [-0.05, 0) is 43.0 Å². The quantitative estimate of drug-likeness (QED) is 0.887. The minimum absolute atomic E-state index is 0.0206. The highest BCUT2D eigenvalue weighted by Gasteiger charge is 2.25. The van der Waals surface area contributed by atoms with Crippen molar-refractivity contribution in [2.24, 2.45) is 5.92 Å². The Kier molecular flexibility index (Phi) is 5.76. The molecule has 132 valence electrons. The maximum Gasteiger partial charge on any atom is 0.255 e. The summed E-state index contributed by atoms with van der Waals surface area (Å²) in [4.78, 5) is 26.4. The van der Waals surface area contributed by atoms with Crippen LogP contribution >= 0.6 is 11.6 Å². The zero-order chi connectivity index (χ0) is 17.6. The van der Waals surface area contributed by atoms with E-state index in [1.165, 1.54) is 0 Å². The summed E-state index contributed by atoms with van der Waals surface area (Å²) >= 11 is 6.10. The molecule has 1 N–H and O–H groups in total. The van der Waals surface area contributed by atoms with E-state index in [9.17, 15) is 9.59 Å². The molecule has 1 fully saturated rings. The van der Waals surface area contributed by atoms with Crippen LogP contribution in [-0.2, 0) is 11.3 Å². The molecule has 25 heavy (non-hydrogen) atoms. The number of halogens is 1. The van der Waals surface area contributed by atoms with Crippen molar-refractivity contribution in [1.82, 2.24) is 10.2 Å². The summed E-state index contributed by atoms with van der Waals surface area (Å²) in [5, 5.41) is 3.35. The molecule has 1 aliphatic heterocycles. The molecule has 0 aliphatic carbocycles. The number of furan rings is 1. The number of nitrogens with zero attached hydrogens (tertiary/aromatic N) is 1. The molecule has 3 rings (SSSR count). The Bertz CT molecular complexity index is 722. The van der Waals surface area contributed by atoms with E-state index in [1.807, 2.05) is 23.1 Å². The number of hydrogen-bond acceptors (Lipinski definition) is 3. The molecule has 0 spiro atoms. The first-order valence-corrected chi connectivity index (χ1v) is 8.84. The lowest BCUT2D eigenvalue weighted by molar-refractivity contribution is -0.122. The molecule has 5 nitrogen and oxygen atoms in total. The minimum atomic E-state index is -0.0358. The predicted octanol–water partition coefficient (Wildman–Crippen LogP) is 3.49. The van der Waals surface area contributed by atoms with Crippen molar-refractivity contribution in [2.45, 2.75) is 25.8 Å². The van der Waals surface area contributed by atoms with E-state index in [0.717, 1.165) is 18.6 Å². The van der Waals surface area contributed by atoms with Gasteiger partial charge in [0.15, 0.2) is 0 Å². The van der Waals surface area contributed by atoms with E-state index in [-0.39, 0.29) is 11.8 Å². The standard InChI is InChI=1S/C19H21ClN2O3/c20-17-6-2-1-5-16(17)19(24)22-9-7-14(8-10-22)12-18(23)21-13-15-4-3-11-25-15/h1-6,11,14H,7-10,12-13H2,(H,21,23). The molecule has 1 saturated heterocycles. The molecule has 0 radical (unpaired) electrons. The molecular formula is C19H21ClN2O3. The fourth-order valence-corrected chi connectivity index (χ4v) is 3.29. The summed E-state index contributed by atoms with van der Waals surface area (Å²) in [6.45, 7) is 1.72. The molecule has 2 heterocycles. The van der Waals surface area contributed by atoms with Gasteiger partial charge in [0.05, 0.1) is 23.4 Å². The largest absolute Gasteiger partial charge is 0.467 e. The molecule has 0 saturated carbocycles. The molecule has 1 aromatic heterocycles. The third-order valence-corrected chi connectivity index (χ3v) is 4.85. The van der Waals surface area contributed by atoms with Crippen LogP contribution < -0.4 is 5.32 Å². The van der Waals surface area contributed by atoms with Crippen LogP contribution in [0.3, 0.4) is 0 Å². The molecule has 0 atom stereocenters. The first-order chi connectivity index (χ1) is 12.1. The van der Waals surface area contributed by atoms with Crippen molar-refractivity contribution in [3.8, 4) is 0 Å². The number of likely N-dealkylation sites (tertiary alicyclic amines) is 1. The Morgan fingerprint density at radius 1 is 1.16 bits per heavy atom. The Balaban J connectivity index is 1.44. The van der Waals surface area contributed by atoms with Crippen LogP contribution in [-0.4, -0.2) is 29.8 Å². The van der Waals surface area contributed by atoms with E-state index in [0.29, 0.717) is 42.6 Å². The summed E-state index contributed by atoms with van der Waals surface area (Å²) in [6.07, 6.45) is 3.72. The molecule has 2 aromatic rings. The lowest BCUT2D eigenvalue weighted by Gasteiger charge is -2.32. The van der Waals surface area contributed by atoms with Crippen molar-refractivity contribution in [1.29, 1.82) is 0 Å². The number of hydrogen-bond donors (Lipinski definition) is 1. The number of nitrogens with one attached hydrogen (secondary N) is 1. The number of carbonyl (C=O) groups is 2. The Labute approximate surface area is 151 Å². The second-order valence-corrected chi connectivity index (χ2v) is 6.68. The Hall–Kier alpha value is -2.27. The van der Waals surface area contributed by atoms with Gasteiger partial charge in [-0.3, -0.25) is 9.59 Å². The predicted molar refractivity (Wildman–Crippen MR) is 95.3 cm³/mol. The topological polar surface area (TPSA) is 62.6 Å². The van der Waals surface area contributed by atoms with E-state index < -0.39 is 0 Å². The molecule has 0 unspecified atom stereocenters. The number of carbonyl (C=O) groups excluding carboxylic acids is 2. The fraction of sp³-hybridized carbons (Fsp3) is 0.368. The van der Waals surface area contributed by atoms with Crippen LogP contribution in [0.5, 0.6) is 0 Å². The average Bonchev–Trinajstić information content (AvgIpc) is 3.14. The van der Waals surface area contributed by atoms with Gasteiger partial charge in [0.25, 0.3) is 5.91 Å². The second-order valence-electron chi connectivity index (χ2n) is 6.28. The van der Waals surface area contributed by atoms with Crippen LogP contribution in [0.2, 0.25) is 5.02 Å². The number of benzene rings is 1. The molecule has 1 aromatic carbocycles. The summed E-state index contributed by atoms with van der Waals surface area (Å²) in [5.41, 5.74) is 0.541. The summed E-state index contributed by atoms with van der Waals surface area (Å²) in [5.74, 6) is 1.03. The highest BCUT2D eigenvalue weighted by molar-refractivity contribution is 6.33. The van der Waals surface area contributed by atoms with Crippen molar-refractivity contribution in [3.05, 3.63) is 59.0 Å². The maximum absolute atomic E-state index is 12.5. The van der Waals surface area contributed by atoms with Gasteiger partial charge in [0.2, 0.25) is 5.91 Å². The molecule has 2 amide bonds. The highest BCUT2D eigenvalue weighted by atomic mass is 35.5. The van der Waals surface area contributed by atoms with Crippen molar-refractivity contribution in [2.75, 3.05) is 13.1 Å². The van der Waals surface area contributed by atoms with Crippen molar-refractivity contribution < 1.29 is 14.0 Å². The second kappa shape index (κ2) is 8.21. The van der Waals surface area contributed by atoms with Crippen LogP contribution in [0.15, 0.2) is 47.1 Å². The number of rotatable bonds is 5. The van der Waals surface area contributed by atoms with Gasteiger partial charge in [0.1, 0.15) is 5.76 Å². The normalized spacial score (nSPS) is 15.2. The van der Waals surface area contributed by atoms with Crippen LogP contribution in [0.25, 0.3) is 0 Å². The first kappa shape index (κ1) is 17.5. The Morgan fingerprint density at radius 2 is 1.92 bits per heavy atom. The molecular weight excluding hydrogens is 340 g/mol. The maximum atomic E-state index is 12.5. The van der Waals surface area contributed by atoms with Gasteiger partial charge < -0.3 is 14.6 Å². The number of amides is 2. The summed E-state index contributed by atoms with van der Waals surface area (Å²) < 4.78 is 5.20. The van der Waals surface area contributed by atoms with Crippen LogP contribution in [0.4, 0.5) is 0 Å². The Morgan fingerprint density at radius 3 is 2.60 bits per heavy atom. The van der Waals surface area contributed by atoms with E-state index in [1.54, 1.807) is 24.5 Å². The third kappa shape index (κ3) is 4.63. The summed E-state index contributed by atoms with van der Waals surface area (Å²) in [7, 11) is 0. The number of piperidine rings is 1. The van der Waals surface area contributed by atoms with E-state index in [2.05, 4.69) is 5.32 Å². The minimum Gasteiger partial charge on any atom is -0.467 e. The monoisotopic (exact) mass is 360 g/mol. The SMILES string of the molecule is O=C(CC1CCN(C(=O)c2ccccc2Cl)CC1)NCc1ccco1. The average molecular weight is 361 g/mol. The third-order valence-electron chi connectivity index (χ3n) is 4.52. The van der Waals surface area contributed by atoms with Gasteiger partial charge in [0, 0.05) is 19.5 Å². The fourth-order valence-electron chi connectivity index (χ4n) is 3.08. The van der Waals surface area contributed by atoms with Crippen LogP contribution in [0, 0.1) is 5.92 Å². The van der Waals surface area contributed by atoms with E-state index >= 15 is 0 Å². The smallest absolute Gasteiger partial charge is 0.255 e. The van der Waals surface area contributed by atoms with E-state index in [4.69, 9.17) is 16.0 Å². The lowest BCUT2D eigenvalue weighted by atomic mass is 9.93. The molecule has 1 aliphatic rings.